The van der Waals surface area contributed by atoms with Crippen molar-refractivity contribution in [2.75, 3.05) is 38.2 Å². The van der Waals surface area contributed by atoms with Gasteiger partial charge in [-0.1, -0.05) is 18.2 Å². The van der Waals surface area contributed by atoms with E-state index in [1.165, 1.54) is 0 Å². The molecule has 0 spiro atoms. The van der Waals surface area contributed by atoms with Crippen molar-refractivity contribution in [3.05, 3.63) is 30.3 Å². The van der Waals surface area contributed by atoms with Crippen LogP contribution in [0, 0.1) is 5.92 Å². The number of benzene rings is 1. The number of anilines is 1. The minimum Gasteiger partial charge on any atom is -0.455 e. The van der Waals surface area contributed by atoms with Crippen molar-refractivity contribution in [3.63, 3.8) is 0 Å². The van der Waals surface area contributed by atoms with E-state index >= 15 is 0 Å². The first kappa shape index (κ1) is 18.7. The lowest BCUT2D eigenvalue weighted by molar-refractivity contribution is -0.155. The molecule has 1 N–H and O–H groups in total. The molecule has 9 nitrogen and oxygen atoms in total. The Bertz CT molecular complexity index is 715. The van der Waals surface area contributed by atoms with Crippen molar-refractivity contribution in [1.29, 1.82) is 0 Å². The summed E-state index contributed by atoms with van der Waals surface area (Å²) in [5, 5.41) is 2.81. The van der Waals surface area contributed by atoms with Crippen molar-refractivity contribution in [3.8, 4) is 0 Å². The molecule has 1 aromatic carbocycles. The molecule has 0 saturated carbocycles. The average Bonchev–Trinajstić information content (AvgIpc) is 3.12. The van der Waals surface area contributed by atoms with Gasteiger partial charge in [0.2, 0.25) is 0 Å². The molecule has 9 heteroatoms. The lowest BCUT2D eigenvalue weighted by atomic mass is 9.97. The average molecular weight is 375 g/mol. The second kappa shape index (κ2) is 8.52. The topological polar surface area (TPSA) is 105 Å². The maximum absolute atomic E-state index is 12.2. The molecule has 1 aromatic rings. The number of imide groups is 1. The number of ether oxygens (including phenoxy) is 2. The predicted molar refractivity (Wildman–Crippen MR) is 93.8 cm³/mol. The highest BCUT2D eigenvalue weighted by molar-refractivity contribution is 5.94. The Kier molecular flexibility index (Phi) is 5.90. The summed E-state index contributed by atoms with van der Waals surface area (Å²) in [6.07, 6.45) is 0.205. The van der Waals surface area contributed by atoms with Crippen LogP contribution in [0.4, 0.5) is 15.3 Å². The van der Waals surface area contributed by atoms with Crippen molar-refractivity contribution in [2.24, 2.45) is 5.92 Å². The number of amides is 4. The fraction of sp³-hybridized carbons (Fsp3) is 0.444. The van der Waals surface area contributed by atoms with Gasteiger partial charge < -0.3 is 19.7 Å². The number of para-hydroxylation sites is 1. The quantitative estimate of drug-likeness (QED) is 0.799. The van der Waals surface area contributed by atoms with Gasteiger partial charge in [-0.15, -0.1) is 0 Å². The predicted octanol–water partition coefficient (Wildman–Crippen LogP) is 1.45. The highest BCUT2D eigenvalue weighted by atomic mass is 16.6. The number of rotatable bonds is 4. The van der Waals surface area contributed by atoms with Gasteiger partial charge in [0.05, 0.1) is 12.5 Å². The van der Waals surface area contributed by atoms with Crippen LogP contribution in [-0.2, 0) is 19.1 Å². The normalized spacial score (nSPS) is 17.4. The molecule has 0 bridgehead atoms. The Balaban J connectivity index is 1.40. The summed E-state index contributed by atoms with van der Waals surface area (Å²) in [5.74, 6) is -1.45. The zero-order valence-corrected chi connectivity index (χ0v) is 14.8. The van der Waals surface area contributed by atoms with E-state index in [1.807, 2.05) is 18.2 Å². The lowest BCUT2D eigenvalue weighted by Crippen LogP contribution is -2.43. The van der Waals surface area contributed by atoms with Crippen LogP contribution in [0.15, 0.2) is 30.3 Å². The lowest BCUT2D eigenvalue weighted by Gasteiger charge is -2.31. The summed E-state index contributed by atoms with van der Waals surface area (Å²) in [5.41, 5.74) is 0.711. The molecule has 2 aliphatic heterocycles. The van der Waals surface area contributed by atoms with Crippen LogP contribution in [0.2, 0.25) is 0 Å². The van der Waals surface area contributed by atoms with Gasteiger partial charge in [0.25, 0.3) is 5.91 Å². The minimum absolute atomic E-state index is 0.155. The number of carbonyl (C=O) groups is 4. The summed E-state index contributed by atoms with van der Waals surface area (Å²) in [4.78, 5) is 50.1. The Morgan fingerprint density at radius 1 is 1.11 bits per heavy atom. The molecule has 0 aromatic heterocycles. The van der Waals surface area contributed by atoms with E-state index in [2.05, 4.69) is 10.1 Å². The molecule has 0 unspecified atom stereocenters. The first-order valence-electron chi connectivity index (χ1n) is 8.79. The molecule has 0 atom stereocenters. The number of hydrogen-bond acceptors (Lipinski definition) is 6. The number of urea groups is 1. The number of likely N-dealkylation sites (tertiary alicyclic amines) is 1. The molecule has 2 aliphatic rings. The monoisotopic (exact) mass is 375 g/mol. The Hall–Kier alpha value is -3.10. The van der Waals surface area contributed by atoms with E-state index in [9.17, 15) is 19.2 Å². The fourth-order valence-electron chi connectivity index (χ4n) is 2.99. The first-order valence-corrected chi connectivity index (χ1v) is 8.79. The van der Waals surface area contributed by atoms with Crippen molar-refractivity contribution < 1.29 is 28.7 Å². The highest BCUT2D eigenvalue weighted by Crippen LogP contribution is 2.20. The maximum Gasteiger partial charge on any atom is 0.416 e. The second-order valence-electron chi connectivity index (χ2n) is 6.32. The van der Waals surface area contributed by atoms with E-state index in [-0.39, 0.29) is 25.1 Å². The third-order valence-corrected chi connectivity index (χ3v) is 4.54. The van der Waals surface area contributed by atoms with E-state index in [0.717, 1.165) is 4.90 Å². The smallest absolute Gasteiger partial charge is 0.416 e. The van der Waals surface area contributed by atoms with Gasteiger partial charge in [0.15, 0.2) is 6.61 Å². The fourth-order valence-corrected chi connectivity index (χ4v) is 2.99. The van der Waals surface area contributed by atoms with E-state index < -0.39 is 24.6 Å². The van der Waals surface area contributed by atoms with Gasteiger partial charge in [0.1, 0.15) is 6.61 Å². The number of esters is 1. The van der Waals surface area contributed by atoms with Crippen LogP contribution in [0.3, 0.4) is 0 Å². The van der Waals surface area contributed by atoms with Gasteiger partial charge in [-0.2, -0.15) is 0 Å². The molecular weight excluding hydrogens is 354 g/mol. The molecule has 2 heterocycles. The van der Waals surface area contributed by atoms with E-state index in [4.69, 9.17) is 4.74 Å². The van der Waals surface area contributed by atoms with Crippen molar-refractivity contribution in [2.45, 2.75) is 12.8 Å². The third-order valence-electron chi connectivity index (χ3n) is 4.54. The second-order valence-corrected chi connectivity index (χ2v) is 6.32. The minimum atomic E-state index is -0.714. The number of carbonyl (C=O) groups excluding carboxylic acids is 4. The Labute approximate surface area is 156 Å². The SMILES string of the molecule is O=C(OCC(=O)N1CCOC1=O)C1CCN(C(=O)Nc2ccccc2)CC1. The van der Waals surface area contributed by atoms with Gasteiger partial charge in [-0.05, 0) is 25.0 Å². The number of nitrogens with zero attached hydrogens (tertiary/aromatic N) is 2. The highest BCUT2D eigenvalue weighted by Gasteiger charge is 2.31. The Morgan fingerprint density at radius 2 is 1.81 bits per heavy atom. The van der Waals surface area contributed by atoms with E-state index in [1.54, 1.807) is 17.0 Å². The van der Waals surface area contributed by atoms with Gasteiger partial charge in [0, 0.05) is 18.8 Å². The maximum atomic E-state index is 12.2. The largest absolute Gasteiger partial charge is 0.455 e. The summed E-state index contributed by atoms with van der Waals surface area (Å²) < 4.78 is 9.71. The summed E-state index contributed by atoms with van der Waals surface area (Å²) in [6, 6.07) is 8.92. The molecule has 3 rings (SSSR count). The van der Waals surface area contributed by atoms with Crippen LogP contribution in [0.1, 0.15) is 12.8 Å². The van der Waals surface area contributed by atoms with Gasteiger partial charge in [-0.3, -0.25) is 9.59 Å². The zero-order valence-electron chi connectivity index (χ0n) is 14.8. The number of nitrogens with one attached hydrogen (secondary N) is 1. The van der Waals surface area contributed by atoms with Crippen molar-refractivity contribution in [1.82, 2.24) is 9.80 Å². The number of cyclic esters (lactones) is 1. The molecule has 4 amide bonds. The van der Waals surface area contributed by atoms with Crippen LogP contribution in [-0.4, -0.2) is 66.6 Å². The van der Waals surface area contributed by atoms with Crippen molar-refractivity contribution >= 4 is 29.7 Å². The first-order chi connectivity index (χ1) is 13.0. The summed E-state index contributed by atoms with van der Waals surface area (Å²) >= 11 is 0. The third kappa shape index (κ3) is 4.75. The van der Waals surface area contributed by atoms with Gasteiger partial charge in [-0.25, -0.2) is 14.5 Å². The summed E-state index contributed by atoms with van der Waals surface area (Å²) in [6.45, 7) is 0.685. The molecular formula is C18H21N3O6. The molecule has 0 radical (unpaired) electrons. The summed E-state index contributed by atoms with van der Waals surface area (Å²) in [7, 11) is 0. The zero-order chi connectivity index (χ0) is 19.2. The number of piperidine rings is 1. The Morgan fingerprint density at radius 3 is 2.44 bits per heavy atom. The molecule has 2 fully saturated rings. The van der Waals surface area contributed by atoms with Crippen LogP contribution in [0.5, 0.6) is 0 Å². The van der Waals surface area contributed by atoms with E-state index in [0.29, 0.717) is 31.6 Å². The number of hydrogen-bond donors (Lipinski definition) is 1. The molecule has 27 heavy (non-hydrogen) atoms. The molecule has 2 saturated heterocycles. The van der Waals surface area contributed by atoms with Crippen LogP contribution in [0.25, 0.3) is 0 Å². The standard InChI is InChI=1S/C18H21N3O6/c22-15(21-10-11-26-18(21)25)12-27-16(23)13-6-8-20(9-7-13)17(24)19-14-4-2-1-3-5-14/h1-5,13H,6-12H2,(H,19,24). The van der Waals surface area contributed by atoms with Gasteiger partial charge >= 0.3 is 18.1 Å². The molecule has 0 aliphatic carbocycles. The molecule has 144 valence electrons. The van der Waals surface area contributed by atoms with Crippen LogP contribution < -0.4 is 5.32 Å². The van der Waals surface area contributed by atoms with Crippen LogP contribution >= 0.6 is 0 Å².